The fraction of sp³-hybridized carbons (Fsp3) is 0.159. The first kappa shape index (κ1) is 43.7. The molecular formula is C44H37Cl2N9O5. The van der Waals surface area contributed by atoms with Gasteiger partial charge in [0, 0.05) is 89.0 Å². The number of carbonyl (C=O) groups is 1. The Balaban J connectivity index is 0.000000143. The first-order valence-corrected chi connectivity index (χ1v) is 19.3. The number of pyridine rings is 2. The van der Waals surface area contributed by atoms with Gasteiger partial charge in [-0.1, -0.05) is 65.7 Å². The lowest BCUT2D eigenvalue weighted by molar-refractivity contribution is -0.384. The van der Waals surface area contributed by atoms with Crippen LogP contribution in [0.25, 0.3) is 21.8 Å². The van der Waals surface area contributed by atoms with E-state index in [2.05, 4.69) is 44.9 Å². The van der Waals surface area contributed by atoms with Crippen LogP contribution in [0.2, 0.25) is 0 Å². The molecule has 14 nitrogen and oxygen atoms in total. The third-order valence-electron chi connectivity index (χ3n) is 9.17. The number of fused-ring (bicyclic) bond motifs is 4. The van der Waals surface area contributed by atoms with Crippen molar-refractivity contribution < 1.29 is 14.6 Å². The Bertz CT molecular complexity index is 2680. The van der Waals surface area contributed by atoms with Crippen LogP contribution in [0.3, 0.4) is 0 Å². The Kier molecular flexibility index (Phi) is 15.6. The number of nitrogens with two attached hydrogens (primary N) is 1. The summed E-state index contributed by atoms with van der Waals surface area (Å²) in [5.74, 6) is -0.669. The number of carbonyl (C=O) groups excluding carboxylic acids is 1. The third-order valence-corrected chi connectivity index (χ3v) is 9.99. The molecule has 0 spiro atoms. The number of allylic oxidation sites excluding steroid dienone is 4. The van der Waals surface area contributed by atoms with Crippen LogP contribution in [0.4, 0.5) is 28.4 Å². The fourth-order valence-corrected chi connectivity index (χ4v) is 6.51. The lowest BCUT2D eigenvalue weighted by Gasteiger charge is -2.16. The summed E-state index contributed by atoms with van der Waals surface area (Å²) in [5, 5.41) is 46.5. The highest BCUT2D eigenvalue weighted by atomic mass is 35.5. The zero-order valence-electron chi connectivity index (χ0n) is 32.0. The van der Waals surface area contributed by atoms with E-state index in [4.69, 9.17) is 39.5 Å². The zero-order valence-corrected chi connectivity index (χ0v) is 33.5. The van der Waals surface area contributed by atoms with Crippen molar-refractivity contribution in [2.24, 2.45) is 0 Å². The normalized spacial score (nSPS) is 13.5. The molecule has 0 atom stereocenters. The van der Waals surface area contributed by atoms with E-state index in [1.165, 1.54) is 41.8 Å². The Hall–Kier alpha value is -7.39. The number of anilines is 3. The highest BCUT2D eigenvalue weighted by Gasteiger charge is 2.26. The number of hydrogen-bond donors (Lipinski definition) is 3. The number of nitriles is 2. The molecule has 9 rings (SSSR count). The number of ketones is 1. The number of nitrogens with zero attached hydrogens (tertiary/aromatic N) is 6. The number of para-hydroxylation sites is 1. The van der Waals surface area contributed by atoms with Crippen LogP contribution in [0.1, 0.15) is 30.4 Å². The Labute approximate surface area is 354 Å². The monoisotopic (exact) mass is 841 g/mol. The number of nitrogen functional groups attached to an aromatic ring is 1. The maximum absolute atomic E-state index is 11.2. The van der Waals surface area contributed by atoms with Gasteiger partial charge >= 0.3 is 0 Å². The van der Waals surface area contributed by atoms with E-state index in [1.54, 1.807) is 48.8 Å². The average Bonchev–Trinajstić information content (AvgIpc) is 3.28. The number of non-ortho nitro benzene ring substituents is 2. The molecule has 60 heavy (non-hydrogen) atoms. The first-order chi connectivity index (χ1) is 29.0. The predicted molar refractivity (Wildman–Crippen MR) is 234 cm³/mol. The van der Waals surface area contributed by atoms with Gasteiger partial charge in [0.15, 0.2) is 0 Å². The van der Waals surface area contributed by atoms with Crippen LogP contribution in [0.5, 0.6) is 0 Å². The van der Waals surface area contributed by atoms with Crippen molar-refractivity contribution in [3.05, 3.63) is 168 Å². The molecule has 16 heteroatoms. The SMILES string of the molecule is N#CC1=C(C#N)C(=O)C(Cl)=C(Cl)C1.Nc1ccc2cccnc2c1.O=[N+]([O-])c1ccc2c(c1)NCCC2.O=[N+]([O-])c1ccc2cccnc2c1.c1ccc2c(c1)CCCN2. The van der Waals surface area contributed by atoms with Gasteiger partial charge in [-0.2, -0.15) is 10.5 Å². The Morgan fingerprint density at radius 3 is 1.87 bits per heavy atom. The fourth-order valence-electron chi connectivity index (χ4n) is 6.13. The van der Waals surface area contributed by atoms with Crippen molar-refractivity contribution in [2.75, 3.05) is 29.5 Å². The predicted octanol–water partition coefficient (Wildman–Crippen LogP) is 9.95. The second-order valence-electron chi connectivity index (χ2n) is 13.2. The molecule has 0 saturated heterocycles. The highest BCUT2D eigenvalue weighted by molar-refractivity contribution is 6.51. The topological polar surface area (TPSA) is 227 Å². The number of benzene rings is 4. The zero-order chi connectivity index (χ0) is 43.0. The van der Waals surface area contributed by atoms with Crippen LogP contribution in [0, 0.1) is 42.9 Å². The van der Waals surface area contributed by atoms with Gasteiger partial charge in [-0.05, 0) is 73.2 Å². The number of nitrogens with one attached hydrogen (secondary N) is 2. The second kappa shape index (κ2) is 21.4. The molecule has 0 saturated carbocycles. The van der Waals surface area contributed by atoms with Gasteiger partial charge in [-0.3, -0.25) is 35.0 Å². The maximum Gasteiger partial charge on any atom is 0.271 e. The summed E-state index contributed by atoms with van der Waals surface area (Å²) in [6.07, 6.45) is 8.07. The average molecular weight is 843 g/mol. The molecule has 0 unspecified atom stereocenters. The van der Waals surface area contributed by atoms with Crippen molar-refractivity contribution in [1.82, 2.24) is 9.97 Å². The highest BCUT2D eigenvalue weighted by Crippen LogP contribution is 2.31. The summed E-state index contributed by atoms with van der Waals surface area (Å²) >= 11 is 11.1. The minimum Gasteiger partial charge on any atom is -0.399 e. The second-order valence-corrected chi connectivity index (χ2v) is 14.0. The third kappa shape index (κ3) is 11.8. The smallest absolute Gasteiger partial charge is 0.271 e. The molecule has 0 bridgehead atoms. The van der Waals surface area contributed by atoms with E-state index in [1.807, 2.05) is 42.5 Å². The van der Waals surface area contributed by atoms with Crippen molar-refractivity contribution in [2.45, 2.75) is 32.1 Å². The number of aryl methyl sites for hydroxylation is 2. The van der Waals surface area contributed by atoms with E-state index < -0.39 is 10.7 Å². The van der Waals surface area contributed by atoms with Gasteiger partial charge in [-0.25, -0.2) is 0 Å². The summed E-state index contributed by atoms with van der Waals surface area (Å²) < 4.78 is 0. The molecule has 0 amide bonds. The number of hydrogen-bond acceptors (Lipinski definition) is 12. The van der Waals surface area contributed by atoms with Crippen molar-refractivity contribution in [3.8, 4) is 12.1 Å². The molecule has 1 aliphatic carbocycles. The molecule has 4 aromatic carbocycles. The summed E-state index contributed by atoms with van der Waals surface area (Å²) in [5.41, 5.74) is 12.9. The number of Topliss-reactive ketones (excluding diaryl/α,β-unsaturated/α-hetero) is 1. The van der Waals surface area contributed by atoms with Crippen molar-refractivity contribution in [1.29, 1.82) is 10.5 Å². The summed E-state index contributed by atoms with van der Waals surface area (Å²) in [7, 11) is 0. The largest absolute Gasteiger partial charge is 0.399 e. The van der Waals surface area contributed by atoms with E-state index in [-0.39, 0.29) is 43.9 Å². The van der Waals surface area contributed by atoms with Crippen LogP contribution in [-0.2, 0) is 17.6 Å². The standard InChI is InChI=1S/C9H10N2O2.C9H6N2O2.C9H8N2.C9H11N.C8H2Cl2N2O/c2*12-11(13)8-4-3-7-2-1-5-10-9(7)6-8;10-8-4-3-7-2-1-5-11-9(7)6-8;1-2-6-9-8(4-1)5-3-7-10-9;9-6-1-4(2-11)5(3-12)8(13)7(6)10/h3-4,6,10H,1-2,5H2;1-6H;1-6H,10H2;1-2,4,6,10H,3,5,7H2;1H2. The first-order valence-electron chi connectivity index (χ1n) is 18.5. The van der Waals surface area contributed by atoms with Crippen molar-refractivity contribution in [3.63, 3.8) is 0 Å². The van der Waals surface area contributed by atoms with Gasteiger partial charge in [0.2, 0.25) is 5.78 Å². The van der Waals surface area contributed by atoms with E-state index in [9.17, 15) is 25.0 Å². The number of aromatic nitrogens is 2. The summed E-state index contributed by atoms with van der Waals surface area (Å²) in [6, 6.07) is 34.9. The van der Waals surface area contributed by atoms with Crippen molar-refractivity contribution >= 4 is 79.2 Å². The summed E-state index contributed by atoms with van der Waals surface area (Å²) in [6.45, 7) is 2.05. The molecule has 4 heterocycles. The number of halogens is 2. The van der Waals surface area contributed by atoms with E-state index in [0.717, 1.165) is 53.6 Å². The molecule has 3 aliphatic rings. The van der Waals surface area contributed by atoms with Gasteiger partial charge < -0.3 is 16.4 Å². The Morgan fingerprint density at radius 2 is 1.25 bits per heavy atom. The molecular weight excluding hydrogens is 805 g/mol. The minimum atomic E-state index is -0.669. The number of rotatable bonds is 2. The molecule has 4 N–H and O–H groups in total. The molecule has 0 fully saturated rings. The summed E-state index contributed by atoms with van der Waals surface area (Å²) in [4.78, 5) is 39.5. The van der Waals surface area contributed by atoms with Crippen LogP contribution >= 0.6 is 23.2 Å². The van der Waals surface area contributed by atoms with Crippen LogP contribution in [0.15, 0.2) is 137 Å². The lowest BCUT2D eigenvalue weighted by atomic mass is 9.97. The van der Waals surface area contributed by atoms with E-state index >= 15 is 0 Å². The molecule has 302 valence electrons. The van der Waals surface area contributed by atoms with Gasteiger partial charge in [-0.15, -0.1) is 0 Å². The van der Waals surface area contributed by atoms with Gasteiger partial charge in [0.1, 0.15) is 16.7 Å². The van der Waals surface area contributed by atoms with Crippen LogP contribution < -0.4 is 16.4 Å². The van der Waals surface area contributed by atoms with Gasteiger partial charge in [0.25, 0.3) is 11.4 Å². The minimum absolute atomic E-state index is 0.0610. The molecule has 0 radical (unpaired) electrons. The van der Waals surface area contributed by atoms with Crippen LogP contribution in [-0.4, -0.2) is 38.7 Å². The van der Waals surface area contributed by atoms with E-state index in [0.29, 0.717) is 5.52 Å². The lowest BCUT2D eigenvalue weighted by Crippen LogP contribution is -2.11. The van der Waals surface area contributed by atoms with Gasteiger partial charge in [0.05, 0.1) is 32.5 Å². The molecule has 2 aromatic heterocycles. The maximum atomic E-state index is 11.2. The number of nitro groups is 2. The molecule has 6 aromatic rings. The number of nitro benzene ring substituents is 2. The molecule has 2 aliphatic heterocycles. The Morgan fingerprint density at radius 1 is 0.683 bits per heavy atom. The quantitative estimate of drug-likeness (QED) is 0.0841.